The second-order valence-corrected chi connectivity index (χ2v) is 3.77. The Balaban J connectivity index is 2.96. The van der Waals surface area contributed by atoms with Crippen LogP contribution in [0.5, 0.6) is 11.5 Å². The number of methoxy groups -OCH3 is 1. The summed E-state index contributed by atoms with van der Waals surface area (Å²) in [7, 11) is 1.13. The molecule has 0 aliphatic rings. The monoisotopic (exact) mass is 314 g/mol. The topological polar surface area (TPSA) is 44.8 Å². The lowest BCUT2D eigenvalue weighted by molar-refractivity contribution is -0.274. The van der Waals surface area contributed by atoms with E-state index < -0.39 is 30.4 Å². The predicted octanol–water partition coefficient (Wildman–Crippen LogP) is 3.29. The highest BCUT2D eigenvalue weighted by Gasteiger charge is 2.32. The van der Waals surface area contributed by atoms with Gasteiger partial charge in [0.1, 0.15) is 11.5 Å². The van der Waals surface area contributed by atoms with Gasteiger partial charge in [-0.05, 0) is 18.1 Å². The van der Waals surface area contributed by atoms with Crippen LogP contribution in [0.15, 0.2) is 18.2 Å². The molecule has 0 saturated carbocycles. The number of esters is 1. The normalized spacial score (nSPS) is 11.4. The van der Waals surface area contributed by atoms with Gasteiger partial charge in [0.2, 0.25) is 0 Å². The van der Waals surface area contributed by atoms with Gasteiger partial charge in [-0.25, -0.2) is 0 Å². The molecule has 0 N–H and O–H groups in total. The zero-order valence-electron chi connectivity index (χ0n) is 10.7. The molecule has 4 nitrogen and oxygen atoms in total. The fraction of sp³-hybridized carbons (Fsp3) is 0.417. The Morgan fingerprint density at radius 3 is 2.48 bits per heavy atom. The van der Waals surface area contributed by atoms with Crippen LogP contribution in [0, 0.1) is 0 Å². The first-order valence-electron chi connectivity index (χ1n) is 5.61. The molecule has 1 rings (SSSR count). The molecule has 21 heavy (non-hydrogen) atoms. The van der Waals surface area contributed by atoms with Crippen LogP contribution in [0.4, 0.5) is 22.0 Å². The molecule has 118 valence electrons. The molecule has 0 unspecified atom stereocenters. The molecule has 0 aliphatic heterocycles. The third-order valence-electron chi connectivity index (χ3n) is 2.32. The van der Waals surface area contributed by atoms with Gasteiger partial charge in [0.15, 0.2) is 0 Å². The number of hydrogen-bond acceptors (Lipinski definition) is 4. The van der Waals surface area contributed by atoms with E-state index in [4.69, 9.17) is 0 Å². The van der Waals surface area contributed by atoms with Gasteiger partial charge < -0.3 is 14.2 Å². The first kappa shape index (κ1) is 17.0. The van der Waals surface area contributed by atoms with Crippen molar-refractivity contribution in [2.45, 2.75) is 25.8 Å². The van der Waals surface area contributed by atoms with Crippen molar-refractivity contribution in [1.82, 2.24) is 0 Å². The van der Waals surface area contributed by atoms with Crippen molar-refractivity contribution in [2.75, 3.05) is 7.11 Å². The zero-order chi connectivity index (χ0) is 16.0. The Bertz CT molecular complexity index is 487. The van der Waals surface area contributed by atoms with Gasteiger partial charge in [-0.1, -0.05) is 6.07 Å². The highest BCUT2D eigenvalue weighted by molar-refractivity contribution is 5.69. The first-order chi connectivity index (χ1) is 9.71. The highest BCUT2D eigenvalue weighted by Crippen LogP contribution is 2.31. The van der Waals surface area contributed by atoms with Crippen LogP contribution in [0.25, 0.3) is 0 Å². The van der Waals surface area contributed by atoms with E-state index in [0.717, 1.165) is 19.2 Å². The average molecular weight is 314 g/mol. The van der Waals surface area contributed by atoms with Gasteiger partial charge >= 0.3 is 18.9 Å². The maximum atomic E-state index is 12.3. The van der Waals surface area contributed by atoms with Crippen LogP contribution in [-0.2, 0) is 16.0 Å². The minimum atomic E-state index is -5.00. The molecule has 1 aromatic carbocycles. The van der Waals surface area contributed by atoms with E-state index in [-0.39, 0.29) is 18.4 Å². The van der Waals surface area contributed by atoms with Gasteiger partial charge in [-0.3, -0.25) is 4.79 Å². The van der Waals surface area contributed by atoms with E-state index in [2.05, 4.69) is 14.2 Å². The lowest BCUT2D eigenvalue weighted by Gasteiger charge is -2.14. The second-order valence-electron chi connectivity index (χ2n) is 3.77. The molecule has 0 atom stereocenters. The molecular formula is C12H11F5O4. The summed E-state index contributed by atoms with van der Waals surface area (Å²) in [5.41, 5.74) is 0.0133. The van der Waals surface area contributed by atoms with E-state index in [1.807, 2.05) is 0 Å². The number of aryl methyl sites for hydroxylation is 1. The molecule has 0 saturated heterocycles. The van der Waals surface area contributed by atoms with E-state index in [9.17, 15) is 26.7 Å². The van der Waals surface area contributed by atoms with Crippen LogP contribution >= 0.6 is 0 Å². The number of alkyl halides is 5. The smallest absolute Gasteiger partial charge is 0.469 e. The molecule has 0 fully saturated rings. The fourth-order valence-electron chi connectivity index (χ4n) is 1.48. The summed E-state index contributed by atoms with van der Waals surface area (Å²) in [6.07, 6.45) is -5.28. The molecule has 9 heteroatoms. The Hall–Kier alpha value is -2.06. The number of benzene rings is 1. The average Bonchev–Trinajstić information content (AvgIpc) is 2.34. The zero-order valence-corrected chi connectivity index (χ0v) is 10.7. The van der Waals surface area contributed by atoms with E-state index in [1.165, 1.54) is 0 Å². The third-order valence-corrected chi connectivity index (χ3v) is 2.32. The SMILES string of the molecule is COC(=O)CCc1ccc(OC(F)F)cc1OC(F)(F)F. The molecule has 0 spiro atoms. The first-order valence-corrected chi connectivity index (χ1v) is 5.61. The summed E-state index contributed by atoms with van der Waals surface area (Å²) in [5, 5.41) is 0. The standard InChI is InChI=1S/C12H11F5O4/c1-19-10(18)5-3-7-2-4-8(20-11(13)14)6-9(7)21-12(15,16)17/h2,4,6,11H,3,5H2,1H3. The minimum absolute atomic E-state index is 0.0133. The molecule has 0 amide bonds. The summed E-state index contributed by atoms with van der Waals surface area (Å²) < 4.78 is 73.0. The fourth-order valence-corrected chi connectivity index (χ4v) is 1.48. The summed E-state index contributed by atoms with van der Waals surface area (Å²) >= 11 is 0. The van der Waals surface area contributed by atoms with Gasteiger partial charge in [0.25, 0.3) is 0 Å². The second kappa shape index (κ2) is 7.09. The summed E-state index contributed by atoms with van der Waals surface area (Å²) in [5.74, 6) is -1.81. The van der Waals surface area contributed by atoms with Crippen LogP contribution in [0.2, 0.25) is 0 Å². The number of carbonyl (C=O) groups is 1. The number of carbonyl (C=O) groups excluding carboxylic acids is 1. The van der Waals surface area contributed by atoms with Crippen LogP contribution in [0.1, 0.15) is 12.0 Å². The largest absolute Gasteiger partial charge is 0.573 e. The van der Waals surface area contributed by atoms with Crippen molar-refractivity contribution >= 4 is 5.97 Å². The molecule has 0 aliphatic carbocycles. The Kier molecular flexibility index (Phi) is 5.74. The molecule has 0 radical (unpaired) electrons. The van der Waals surface area contributed by atoms with E-state index in [0.29, 0.717) is 6.07 Å². The van der Waals surface area contributed by atoms with Gasteiger partial charge in [0.05, 0.1) is 7.11 Å². The minimum Gasteiger partial charge on any atom is -0.469 e. The molecule has 1 aromatic rings. The van der Waals surface area contributed by atoms with Crippen LogP contribution in [0.3, 0.4) is 0 Å². The number of rotatable bonds is 6. The van der Waals surface area contributed by atoms with E-state index in [1.54, 1.807) is 0 Å². The lowest BCUT2D eigenvalue weighted by Crippen LogP contribution is -2.18. The molecule has 0 bridgehead atoms. The van der Waals surface area contributed by atoms with Gasteiger partial charge in [0, 0.05) is 12.5 Å². The predicted molar refractivity (Wildman–Crippen MR) is 60.1 cm³/mol. The molecular weight excluding hydrogens is 303 g/mol. The Morgan fingerprint density at radius 1 is 1.29 bits per heavy atom. The van der Waals surface area contributed by atoms with Crippen molar-refractivity contribution in [3.63, 3.8) is 0 Å². The van der Waals surface area contributed by atoms with Crippen molar-refractivity contribution in [3.05, 3.63) is 23.8 Å². The Morgan fingerprint density at radius 2 is 1.95 bits per heavy atom. The summed E-state index contributed by atoms with van der Waals surface area (Å²) in [4.78, 5) is 11.0. The maximum absolute atomic E-state index is 12.3. The van der Waals surface area contributed by atoms with Crippen molar-refractivity contribution in [2.24, 2.45) is 0 Å². The summed E-state index contributed by atoms with van der Waals surface area (Å²) in [6.45, 7) is -3.18. The quantitative estimate of drug-likeness (QED) is 0.597. The van der Waals surface area contributed by atoms with Crippen LogP contribution < -0.4 is 9.47 Å². The van der Waals surface area contributed by atoms with Gasteiger partial charge in [-0.15, -0.1) is 13.2 Å². The maximum Gasteiger partial charge on any atom is 0.573 e. The number of hydrogen-bond donors (Lipinski definition) is 0. The number of ether oxygens (including phenoxy) is 3. The summed E-state index contributed by atoms with van der Waals surface area (Å²) in [6, 6.07) is 2.86. The number of halogens is 5. The molecule has 0 heterocycles. The van der Waals surface area contributed by atoms with Crippen molar-refractivity contribution in [3.8, 4) is 11.5 Å². The Labute approximate surface area is 116 Å². The lowest BCUT2D eigenvalue weighted by atomic mass is 10.1. The van der Waals surface area contributed by atoms with Crippen molar-refractivity contribution in [1.29, 1.82) is 0 Å². The molecule has 0 aromatic heterocycles. The third kappa shape index (κ3) is 6.28. The highest BCUT2D eigenvalue weighted by atomic mass is 19.4. The van der Waals surface area contributed by atoms with Crippen molar-refractivity contribution < 1.29 is 41.0 Å². The van der Waals surface area contributed by atoms with Gasteiger partial charge in [-0.2, -0.15) is 8.78 Å². The van der Waals surface area contributed by atoms with E-state index >= 15 is 0 Å². The van der Waals surface area contributed by atoms with Crippen LogP contribution in [-0.4, -0.2) is 26.1 Å².